The van der Waals surface area contributed by atoms with E-state index in [0.717, 1.165) is 0 Å². The number of nitrogens with zero attached hydrogens (tertiary/aromatic N) is 2. The number of carbonyl (C=O) groups is 1. The normalized spacial score (nSPS) is 23.8. The van der Waals surface area contributed by atoms with Gasteiger partial charge in [-0.3, -0.25) is 4.79 Å². The van der Waals surface area contributed by atoms with Gasteiger partial charge in [0.1, 0.15) is 5.76 Å². The molecule has 0 aromatic carbocycles. The number of morpholine rings is 1. The second kappa shape index (κ2) is 4.14. The topological polar surface area (TPSA) is 55.6 Å². The largest absolute Gasteiger partial charge is 0.369 e. The molecule has 1 aromatic rings. The van der Waals surface area contributed by atoms with Gasteiger partial charge in [-0.05, 0) is 27.7 Å². The summed E-state index contributed by atoms with van der Waals surface area (Å²) in [5.74, 6) is 0.555. The Morgan fingerprint density at radius 3 is 2.82 bits per heavy atom. The minimum absolute atomic E-state index is 0.0377. The lowest BCUT2D eigenvalue weighted by Gasteiger charge is -2.41. The number of aromatic nitrogens is 1. The van der Waals surface area contributed by atoms with Gasteiger partial charge >= 0.3 is 0 Å². The fourth-order valence-electron chi connectivity index (χ4n) is 2.24. The smallest absolute Gasteiger partial charge is 0.276 e. The van der Waals surface area contributed by atoms with Crippen molar-refractivity contribution < 1.29 is 14.1 Å². The molecule has 5 nitrogen and oxygen atoms in total. The van der Waals surface area contributed by atoms with Crippen LogP contribution in [0.1, 0.15) is 37.0 Å². The van der Waals surface area contributed by atoms with Crippen molar-refractivity contribution in [3.63, 3.8) is 0 Å². The maximum absolute atomic E-state index is 12.2. The molecule has 94 valence electrons. The Bertz CT molecular complexity index is 425. The van der Waals surface area contributed by atoms with Crippen molar-refractivity contribution in [3.8, 4) is 0 Å². The lowest BCUT2D eigenvalue weighted by Crippen LogP contribution is -2.53. The summed E-state index contributed by atoms with van der Waals surface area (Å²) < 4.78 is 10.7. The quantitative estimate of drug-likeness (QED) is 0.746. The van der Waals surface area contributed by atoms with Crippen LogP contribution in [0.25, 0.3) is 0 Å². The molecule has 2 rings (SSSR count). The Labute approximate surface area is 101 Å². The SMILES string of the molecule is Cc1cc(C(=O)N2C[C@H](C)OC(C)(C)C2)no1. The van der Waals surface area contributed by atoms with E-state index in [1.54, 1.807) is 17.9 Å². The van der Waals surface area contributed by atoms with Gasteiger partial charge in [0.15, 0.2) is 5.69 Å². The minimum atomic E-state index is -0.313. The van der Waals surface area contributed by atoms with E-state index in [1.807, 2.05) is 20.8 Å². The first-order valence-electron chi connectivity index (χ1n) is 5.78. The standard InChI is InChI=1S/C12H18N2O3/c1-8-5-10(13-17-8)11(15)14-6-9(2)16-12(3,4)7-14/h5,9H,6-7H2,1-4H3/t9-/m0/s1. The maximum atomic E-state index is 12.2. The lowest BCUT2D eigenvalue weighted by atomic mass is 10.1. The molecule has 0 radical (unpaired) electrons. The van der Waals surface area contributed by atoms with Gasteiger partial charge in [0.05, 0.1) is 11.7 Å². The van der Waals surface area contributed by atoms with Gasteiger partial charge in [0.2, 0.25) is 0 Å². The third-order valence-electron chi connectivity index (χ3n) is 2.70. The van der Waals surface area contributed by atoms with E-state index in [-0.39, 0.29) is 17.6 Å². The highest BCUT2D eigenvalue weighted by Crippen LogP contribution is 2.22. The minimum Gasteiger partial charge on any atom is -0.369 e. The molecule has 17 heavy (non-hydrogen) atoms. The Balaban J connectivity index is 2.14. The van der Waals surface area contributed by atoms with Crippen molar-refractivity contribution in [2.75, 3.05) is 13.1 Å². The Kier molecular flexibility index (Phi) is 2.95. The fraction of sp³-hybridized carbons (Fsp3) is 0.667. The molecule has 1 atom stereocenters. The maximum Gasteiger partial charge on any atom is 0.276 e. The molecule has 1 saturated heterocycles. The molecule has 1 aliphatic heterocycles. The van der Waals surface area contributed by atoms with Gasteiger partial charge < -0.3 is 14.2 Å². The van der Waals surface area contributed by atoms with Crippen molar-refractivity contribution in [1.29, 1.82) is 0 Å². The van der Waals surface area contributed by atoms with Crippen LogP contribution in [0.4, 0.5) is 0 Å². The summed E-state index contributed by atoms with van der Waals surface area (Å²) in [4.78, 5) is 14.0. The molecular formula is C12H18N2O3. The van der Waals surface area contributed by atoms with Crippen LogP contribution in [0.5, 0.6) is 0 Å². The molecule has 0 N–H and O–H groups in total. The number of rotatable bonds is 1. The molecule has 1 fully saturated rings. The van der Waals surface area contributed by atoms with E-state index in [4.69, 9.17) is 9.26 Å². The zero-order chi connectivity index (χ0) is 12.6. The third kappa shape index (κ3) is 2.66. The average molecular weight is 238 g/mol. The van der Waals surface area contributed by atoms with Crippen LogP contribution in [-0.2, 0) is 4.74 Å². The monoisotopic (exact) mass is 238 g/mol. The van der Waals surface area contributed by atoms with Crippen LogP contribution < -0.4 is 0 Å². The number of hydrogen-bond acceptors (Lipinski definition) is 4. The predicted molar refractivity (Wildman–Crippen MR) is 61.8 cm³/mol. The highest BCUT2D eigenvalue weighted by molar-refractivity contribution is 5.92. The molecule has 1 amide bonds. The molecule has 0 unspecified atom stereocenters. The van der Waals surface area contributed by atoms with Crippen LogP contribution in [0.2, 0.25) is 0 Å². The molecule has 2 heterocycles. The van der Waals surface area contributed by atoms with Gasteiger partial charge in [-0.2, -0.15) is 0 Å². The van der Waals surface area contributed by atoms with Crippen LogP contribution in [0, 0.1) is 6.92 Å². The van der Waals surface area contributed by atoms with E-state index < -0.39 is 0 Å². The summed E-state index contributed by atoms with van der Waals surface area (Å²) in [5.41, 5.74) is 0.0546. The first-order valence-corrected chi connectivity index (χ1v) is 5.78. The fourth-order valence-corrected chi connectivity index (χ4v) is 2.24. The first-order chi connectivity index (χ1) is 7.87. The number of ether oxygens (including phenoxy) is 1. The van der Waals surface area contributed by atoms with Crippen molar-refractivity contribution >= 4 is 5.91 Å². The number of hydrogen-bond donors (Lipinski definition) is 0. The summed E-state index contributed by atoms with van der Waals surface area (Å²) in [6, 6.07) is 1.66. The summed E-state index contributed by atoms with van der Waals surface area (Å²) in [6.45, 7) is 8.87. The Morgan fingerprint density at radius 2 is 2.29 bits per heavy atom. The molecule has 1 aliphatic rings. The van der Waals surface area contributed by atoms with E-state index >= 15 is 0 Å². The highest BCUT2D eigenvalue weighted by atomic mass is 16.5. The first kappa shape index (κ1) is 12.1. The summed E-state index contributed by atoms with van der Waals surface area (Å²) in [7, 11) is 0. The molecule has 0 saturated carbocycles. The zero-order valence-corrected chi connectivity index (χ0v) is 10.7. The molecule has 1 aromatic heterocycles. The zero-order valence-electron chi connectivity index (χ0n) is 10.7. The van der Waals surface area contributed by atoms with Crippen LogP contribution in [0.15, 0.2) is 10.6 Å². The number of aryl methyl sites for hydroxylation is 1. The van der Waals surface area contributed by atoms with Crippen LogP contribution >= 0.6 is 0 Å². The van der Waals surface area contributed by atoms with Crippen molar-refractivity contribution in [2.24, 2.45) is 0 Å². The second-order valence-electron chi connectivity index (χ2n) is 5.20. The van der Waals surface area contributed by atoms with E-state index in [1.165, 1.54) is 0 Å². The molecule has 5 heteroatoms. The molecule has 0 bridgehead atoms. The van der Waals surface area contributed by atoms with Crippen LogP contribution in [0.3, 0.4) is 0 Å². The second-order valence-corrected chi connectivity index (χ2v) is 5.20. The summed E-state index contributed by atoms with van der Waals surface area (Å²) in [5, 5.41) is 3.76. The Hall–Kier alpha value is -1.36. The average Bonchev–Trinajstić information content (AvgIpc) is 2.60. The molecular weight excluding hydrogens is 220 g/mol. The lowest BCUT2D eigenvalue weighted by molar-refractivity contribution is -0.119. The third-order valence-corrected chi connectivity index (χ3v) is 2.70. The van der Waals surface area contributed by atoms with E-state index in [0.29, 0.717) is 24.5 Å². The number of carbonyl (C=O) groups excluding carboxylic acids is 1. The van der Waals surface area contributed by atoms with Crippen molar-refractivity contribution in [1.82, 2.24) is 10.1 Å². The van der Waals surface area contributed by atoms with Gasteiger partial charge in [-0.1, -0.05) is 5.16 Å². The highest BCUT2D eigenvalue weighted by Gasteiger charge is 2.34. The summed E-state index contributed by atoms with van der Waals surface area (Å²) in [6.07, 6.45) is 0.0377. The number of amides is 1. The van der Waals surface area contributed by atoms with Gasteiger partial charge in [-0.15, -0.1) is 0 Å². The van der Waals surface area contributed by atoms with E-state index in [2.05, 4.69) is 5.16 Å². The predicted octanol–water partition coefficient (Wildman–Crippen LogP) is 1.62. The van der Waals surface area contributed by atoms with E-state index in [9.17, 15) is 4.79 Å². The summed E-state index contributed by atoms with van der Waals surface area (Å²) >= 11 is 0. The van der Waals surface area contributed by atoms with Gasteiger partial charge in [-0.25, -0.2) is 0 Å². The molecule has 0 spiro atoms. The van der Waals surface area contributed by atoms with Gasteiger partial charge in [0, 0.05) is 19.2 Å². The van der Waals surface area contributed by atoms with Crippen molar-refractivity contribution in [2.45, 2.75) is 39.4 Å². The van der Waals surface area contributed by atoms with Gasteiger partial charge in [0.25, 0.3) is 5.91 Å². The molecule has 0 aliphatic carbocycles. The van der Waals surface area contributed by atoms with Crippen molar-refractivity contribution in [3.05, 3.63) is 17.5 Å². The Morgan fingerprint density at radius 1 is 1.59 bits per heavy atom. The van der Waals surface area contributed by atoms with Crippen LogP contribution in [-0.4, -0.2) is 40.8 Å².